The highest BCUT2D eigenvalue weighted by Crippen LogP contribution is 2.12. The first-order valence-corrected chi connectivity index (χ1v) is 5.09. The molecular formula is C12H13NO2. The predicted molar refractivity (Wildman–Crippen MR) is 57.9 cm³/mol. The molecule has 1 heterocycles. The molecule has 0 N–H and O–H groups in total. The number of carbonyl (C=O) groups excluding carboxylic acids is 1. The molecular weight excluding hydrogens is 190 g/mol. The topological polar surface area (TPSA) is 38.7 Å². The smallest absolute Gasteiger partial charge is 0.289 e. The fourth-order valence-corrected chi connectivity index (χ4v) is 1.56. The zero-order valence-corrected chi connectivity index (χ0v) is 8.64. The van der Waals surface area contributed by atoms with Crippen molar-refractivity contribution in [3.05, 3.63) is 35.4 Å². The Balaban J connectivity index is 2.02. The number of aryl methyl sites for hydroxylation is 1. The lowest BCUT2D eigenvalue weighted by atomic mass is 10.0. The summed E-state index contributed by atoms with van der Waals surface area (Å²) in [5.41, 5.74) is 2.41. The Kier molecular flexibility index (Phi) is 2.81. The molecule has 0 spiro atoms. The number of hydrogen-bond donors (Lipinski definition) is 0. The second-order valence-corrected chi connectivity index (χ2v) is 3.57. The lowest BCUT2D eigenvalue weighted by Crippen LogP contribution is -2.19. The molecule has 1 aliphatic rings. The van der Waals surface area contributed by atoms with Gasteiger partial charge in [0.2, 0.25) is 0 Å². The summed E-state index contributed by atoms with van der Waals surface area (Å²) < 4.78 is 5.08. The van der Waals surface area contributed by atoms with Gasteiger partial charge in [-0.2, -0.15) is 4.99 Å². The average Bonchev–Trinajstić information content (AvgIpc) is 2.66. The molecule has 1 amide bonds. The Bertz CT molecular complexity index is 381. The minimum atomic E-state index is -0.419. The highest BCUT2D eigenvalue weighted by Gasteiger charge is 2.22. The summed E-state index contributed by atoms with van der Waals surface area (Å²) in [7, 11) is 0. The summed E-state index contributed by atoms with van der Waals surface area (Å²) >= 11 is 0. The van der Waals surface area contributed by atoms with Gasteiger partial charge in [0.25, 0.3) is 5.91 Å². The molecule has 1 unspecified atom stereocenters. The number of amides is 1. The van der Waals surface area contributed by atoms with Crippen LogP contribution in [0.25, 0.3) is 0 Å². The lowest BCUT2D eigenvalue weighted by Gasteiger charge is -2.07. The molecule has 3 heteroatoms. The first-order chi connectivity index (χ1) is 7.29. The first-order valence-electron chi connectivity index (χ1n) is 5.09. The van der Waals surface area contributed by atoms with Gasteiger partial charge in [0.15, 0.2) is 12.5 Å². The fraction of sp³-hybridized carbons (Fsp3) is 0.333. The van der Waals surface area contributed by atoms with Crippen LogP contribution in [0.4, 0.5) is 0 Å². The maximum absolute atomic E-state index is 11.2. The normalized spacial score (nSPS) is 19.3. The quantitative estimate of drug-likeness (QED) is 0.750. The average molecular weight is 203 g/mol. The molecule has 1 aromatic carbocycles. The van der Waals surface area contributed by atoms with E-state index in [0.717, 1.165) is 12.0 Å². The van der Waals surface area contributed by atoms with Gasteiger partial charge < -0.3 is 4.74 Å². The van der Waals surface area contributed by atoms with Crippen LogP contribution in [0.1, 0.15) is 18.1 Å². The zero-order valence-electron chi connectivity index (χ0n) is 8.64. The van der Waals surface area contributed by atoms with Crippen molar-refractivity contribution in [1.82, 2.24) is 0 Å². The van der Waals surface area contributed by atoms with E-state index in [0.29, 0.717) is 6.42 Å². The number of benzene rings is 1. The SMILES string of the molecule is CCc1ccc(CC2OC=NC2=O)cc1. The molecule has 0 bridgehead atoms. The molecule has 1 atom stereocenters. The van der Waals surface area contributed by atoms with E-state index in [2.05, 4.69) is 24.0 Å². The van der Waals surface area contributed by atoms with Gasteiger partial charge >= 0.3 is 0 Å². The van der Waals surface area contributed by atoms with Gasteiger partial charge in [0.1, 0.15) is 0 Å². The van der Waals surface area contributed by atoms with Gasteiger partial charge in [-0.05, 0) is 17.5 Å². The number of rotatable bonds is 3. The van der Waals surface area contributed by atoms with Crippen LogP contribution in [0.3, 0.4) is 0 Å². The Morgan fingerprint density at radius 2 is 1.93 bits per heavy atom. The minimum Gasteiger partial charge on any atom is -0.470 e. The molecule has 0 saturated carbocycles. The molecule has 78 valence electrons. The van der Waals surface area contributed by atoms with Gasteiger partial charge in [0, 0.05) is 6.42 Å². The van der Waals surface area contributed by atoms with Crippen LogP contribution in [-0.4, -0.2) is 18.4 Å². The molecule has 1 aromatic rings. The standard InChI is InChI=1S/C12H13NO2/c1-2-9-3-5-10(6-4-9)7-11-12(14)13-8-15-11/h3-6,8,11H,2,7H2,1H3. The molecule has 1 aliphatic heterocycles. The van der Waals surface area contributed by atoms with Crippen molar-refractivity contribution in [2.24, 2.45) is 4.99 Å². The monoisotopic (exact) mass is 203 g/mol. The van der Waals surface area contributed by atoms with E-state index in [1.165, 1.54) is 12.0 Å². The van der Waals surface area contributed by atoms with Crippen LogP contribution in [0.15, 0.2) is 29.3 Å². The maximum Gasteiger partial charge on any atom is 0.289 e. The third kappa shape index (κ3) is 2.24. The van der Waals surface area contributed by atoms with Crippen LogP contribution in [0.5, 0.6) is 0 Å². The van der Waals surface area contributed by atoms with Crippen molar-refractivity contribution in [3.63, 3.8) is 0 Å². The van der Waals surface area contributed by atoms with Crippen molar-refractivity contribution < 1.29 is 9.53 Å². The molecule has 2 rings (SSSR count). The van der Waals surface area contributed by atoms with E-state index in [-0.39, 0.29) is 5.91 Å². The van der Waals surface area contributed by atoms with Crippen LogP contribution >= 0.6 is 0 Å². The molecule has 0 aromatic heterocycles. The van der Waals surface area contributed by atoms with Crippen molar-refractivity contribution in [2.75, 3.05) is 0 Å². The third-order valence-corrected chi connectivity index (χ3v) is 2.53. The number of ether oxygens (including phenoxy) is 1. The largest absolute Gasteiger partial charge is 0.470 e. The lowest BCUT2D eigenvalue weighted by molar-refractivity contribution is -0.122. The highest BCUT2D eigenvalue weighted by molar-refractivity contribution is 5.91. The van der Waals surface area contributed by atoms with Gasteiger partial charge in [0.05, 0.1) is 0 Å². The van der Waals surface area contributed by atoms with Crippen LogP contribution < -0.4 is 0 Å². The zero-order chi connectivity index (χ0) is 10.7. The van der Waals surface area contributed by atoms with E-state index in [1.54, 1.807) is 0 Å². The second kappa shape index (κ2) is 4.26. The van der Waals surface area contributed by atoms with Crippen molar-refractivity contribution >= 4 is 12.3 Å². The molecule has 0 radical (unpaired) electrons. The Labute approximate surface area is 88.8 Å². The molecule has 0 aliphatic carbocycles. The van der Waals surface area contributed by atoms with E-state index in [4.69, 9.17) is 4.74 Å². The fourth-order valence-electron chi connectivity index (χ4n) is 1.56. The minimum absolute atomic E-state index is 0.186. The Morgan fingerprint density at radius 1 is 1.27 bits per heavy atom. The number of carbonyl (C=O) groups is 1. The summed E-state index contributed by atoms with van der Waals surface area (Å²) in [5, 5.41) is 0. The highest BCUT2D eigenvalue weighted by atomic mass is 16.5. The molecule has 15 heavy (non-hydrogen) atoms. The Morgan fingerprint density at radius 3 is 2.47 bits per heavy atom. The van der Waals surface area contributed by atoms with Gasteiger partial charge in [-0.15, -0.1) is 0 Å². The van der Waals surface area contributed by atoms with Gasteiger partial charge in [-0.1, -0.05) is 31.2 Å². The third-order valence-electron chi connectivity index (χ3n) is 2.53. The summed E-state index contributed by atoms with van der Waals surface area (Å²) in [4.78, 5) is 14.7. The summed E-state index contributed by atoms with van der Waals surface area (Å²) in [6.07, 6.45) is 2.44. The summed E-state index contributed by atoms with van der Waals surface area (Å²) in [6.45, 7) is 2.12. The molecule has 3 nitrogen and oxygen atoms in total. The van der Waals surface area contributed by atoms with Crippen molar-refractivity contribution in [2.45, 2.75) is 25.9 Å². The predicted octanol–water partition coefficient (Wildman–Crippen LogP) is 1.75. The van der Waals surface area contributed by atoms with Crippen molar-refractivity contribution in [1.29, 1.82) is 0 Å². The molecule has 0 fully saturated rings. The molecule has 0 saturated heterocycles. The van der Waals surface area contributed by atoms with E-state index in [1.807, 2.05) is 12.1 Å². The van der Waals surface area contributed by atoms with Gasteiger partial charge in [-0.25, -0.2) is 0 Å². The first kappa shape index (κ1) is 9.90. The number of aliphatic imine (C=N–C) groups is 1. The van der Waals surface area contributed by atoms with Crippen LogP contribution in [0, 0.1) is 0 Å². The maximum atomic E-state index is 11.2. The summed E-state index contributed by atoms with van der Waals surface area (Å²) in [6, 6.07) is 8.23. The van der Waals surface area contributed by atoms with Crippen molar-refractivity contribution in [3.8, 4) is 0 Å². The second-order valence-electron chi connectivity index (χ2n) is 3.57. The number of nitrogens with zero attached hydrogens (tertiary/aromatic N) is 1. The van der Waals surface area contributed by atoms with Crippen LogP contribution in [0.2, 0.25) is 0 Å². The van der Waals surface area contributed by atoms with Crippen LogP contribution in [-0.2, 0) is 22.4 Å². The van der Waals surface area contributed by atoms with E-state index < -0.39 is 6.10 Å². The van der Waals surface area contributed by atoms with E-state index in [9.17, 15) is 4.79 Å². The van der Waals surface area contributed by atoms with E-state index >= 15 is 0 Å². The number of hydrogen-bond acceptors (Lipinski definition) is 2. The van der Waals surface area contributed by atoms with Gasteiger partial charge in [-0.3, -0.25) is 4.79 Å². The Hall–Kier alpha value is -1.64. The summed E-state index contributed by atoms with van der Waals surface area (Å²) in [5.74, 6) is -0.186.